The number of fused-ring (bicyclic) bond motifs is 1. The highest BCUT2D eigenvalue weighted by atomic mass is 127. The number of rotatable bonds is 0. The van der Waals surface area contributed by atoms with Crippen LogP contribution in [0.1, 0.15) is 34.3 Å². The highest BCUT2D eigenvalue weighted by Gasteiger charge is 2.49. The lowest BCUT2D eigenvalue weighted by atomic mass is 9.88. The molecule has 1 saturated heterocycles. The molecule has 94 valence electrons. The third kappa shape index (κ3) is 1.79. The van der Waals surface area contributed by atoms with E-state index in [1.165, 1.54) is 11.1 Å². The summed E-state index contributed by atoms with van der Waals surface area (Å²) in [5.41, 5.74) is 2.97. The fourth-order valence-corrected chi connectivity index (χ4v) is 4.27. The Morgan fingerprint density at radius 2 is 2.17 bits per heavy atom. The molecule has 0 radical (unpaired) electrons. The Morgan fingerprint density at radius 3 is 2.89 bits per heavy atom. The van der Waals surface area contributed by atoms with Crippen molar-refractivity contribution >= 4 is 28.6 Å². The molecule has 0 amide bonds. The smallest absolute Gasteiger partial charge is 0.334 e. The van der Waals surface area contributed by atoms with Gasteiger partial charge in [-0.15, -0.1) is 0 Å². The Hall–Kier alpha value is -0.840. The Balaban J connectivity index is 2.04. The summed E-state index contributed by atoms with van der Waals surface area (Å²) in [5.74, 6) is -0.212. The number of halogens is 1. The van der Waals surface area contributed by atoms with Gasteiger partial charge in [0.2, 0.25) is 0 Å². The quantitative estimate of drug-likeness (QED) is 0.307. The summed E-state index contributed by atoms with van der Waals surface area (Å²) in [5, 5.41) is 0. The van der Waals surface area contributed by atoms with Crippen molar-refractivity contribution in [3.63, 3.8) is 0 Å². The van der Waals surface area contributed by atoms with Crippen molar-refractivity contribution in [1.29, 1.82) is 0 Å². The monoisotopic (exact) mass is 354 g/mol. The molecule has 1 aliphatic heterocycles. The van der Waals surface area contributed by atoms with E-state index in [1.54, 1.807) is 0 Å². The third-order valence-corrected chi connectivity index (χ3v) is 5.74. The van der Waals surface area contributed by atoms with Crippen LogP contribution in [0.4, 0.5) is 0 Å². The van der Waals surface area contributed by atoms with Gasteiger partial charge < -0.3 is 4.74 Å². The van der Waals surface area contributed by atoms with Crippen LogP contribution in [0, 0.1) is 0 Å². The zero-order valence-electron chi connectivity index (χ0n) is 10.1. The SMILES string of the molecule is C=C1C[C@]2(CCCc3ccccc3[C@H]2I)OC1=O. The van der Waals surface area contributed by atoms with Crippen molar-refractivity contribution in [2.75, 3.05) is 0 Å². The minimum atomic E-state index is -0.360. The molecule has 3 rings (SSSR count). The normalized spacial score (nSPS) is 31.1. The van der Waals surface area contributed by atoms with E-state index in [1.807, 2.05) is 0 Å². The molecule has 2 aliphatic rings. The standard InChI is InChI=1S/C15H15IO2/c1-10-9-15(18-14(10)17)8-4-6-11-5-2-3-7-12(11)13(15)16/h2-3,5,7,13H,1,4,6,8-9H2/t13-,15+/m1/s1. The summed E-state index contributed by atoms with van der Waals surface area (Å²) in [6, 6.07) is 8.49. The molecule has 1 aromatic rings. The molecule has 0 aromatic heterocycles. The summed E-state index contributed by atoms with van der Waals surface area (Å²) < 4.78 is 5.92. The summed E-state index contributed by atoms with van der Waals surface area (Å²) >= 11 is 2.43. The average molecular weight is 354 g/mol. The number of carbonyl (C=O) groups is 1. The highest BCUT2D eigenvalue weighted by molar-refractivity contribution is 14.1. The summed E-state index contributed by atoms with van der Waals surface area (Å²) in [6.07, 6.45) is 3.74. The van der Waals surface area contributed by atoms with Crippen molar-refractivity contribution < 1.29 is 9.53 Å². The third-order valence-electron chi connectivity index (χ3n) is 3.93. The number of alkyl halides is 1. The van der Waals surface area contributed by atoms with Crippen molar-refractivity contribution in [2.45, 2.75) is 35.2 Å². The lowest BCUT2D eigenvalue weighted by molar-refractivity contribution is -0.146. The molecule has 1 fully saturated rings. The molecule has 18 heavy (non-hydrogen) atoms. The first-order valence-electron chi connectivity index (χ1n) is 6.25. The number of aryl methyl sites for hydroxylation is 1. The maximum Gasteiger partial charge on any atom is 0.334 e. The Kier molecular flexibility index (Phi) is 2.96. The first kappa shape index (κ1) is 12.2. The molecule has 0 bridgehead atoms. The number of benzene rings is 1. The first-order chi connectivity index (χ1) is 8.62. The van der Waals surface area contributed by atoms with E-state index in [4.69, 9.17) is 4.74 Å². The number of hydrogen-bond donors (Lipinski definition) is 0. The zero-order chi connectivity index (χ0) is 12.8. The van der Waals surface area contributed by atoms with Gasteiger partial charge in [-0.1, -0.05) is 53.4 Å². The fourth-order valence-electron chi connectivity index (χ4n) is 3.00. The molecule has 3 heteroatoms. The average Bonchev–Trinajstić information content (AvgIpc) is 2.58. The molecule has 2 nitrogen and oxygen atoms in total. The topological polar surface area (TPSA) is 26.3 Å². The van der Waals surface area contributed by atoms with Gasteiger partial charge in [0, 0.05) is 12.0 Å². The van der Waals surface area contributed by atoms with Gasteiger partial charge >= 0.3 is 5.97 Å². The maximum atomic E-state index is 11.7. The van der Waals surface area contributed by atoms with E-state index in [9.17, 15) is 4.79 Å². The predicted molar refractivity (Wildman–Crippen MR) is 78.7 cm³/mol. The molecule has 0 saturated carbocycles. The number of carbonyl (C=O) groups excluding carboxylic acids is 1. The Morgan fingerprint density at radius 1 is 1.39 bits per heavy atom. The molecular weight excluding hydrogens is 339 g/mol. The van der Waals surface area contributed by atoms with Crippen molar-refractivity contribution in [3.8, 4) is 0 Å². The summed E-state index contributed by atoms with van der Waals surface area (Å²) in [4.78, 5) is 11.7. The molecular formula is C15H15IO2. The van der Waals surface area contributed by atoms with Crippen LogP contribution in [0.2, 0.25) is 0 Å². The van der Waals surface area contributed by atoms with Crippen LogP contribution in [0.25, 0.3) is 0 Å². The largest absolute Gasteiger partial charge is 0.454 e. The number of hydrogen-bond acceptors (Lipinski definition) is 2. The van der Waals surface area contributed by atoms with Gasteiger partial charge in [0.1, 0.15) is 5.60 Å². The first-order valence-corrected chi connectivity index (χ1v) is 7.50. The van der Waals surface area contributed by atoms with E-state index in [0.717, 1.165) is 19.3 Å². The van der Waals surface area contributed by atoms with Crippen LogP contribution in [0.15, 0.2) is 36.4 Å². The van der Waals surface area contributed by atoms with E-state index >= 15 is 0 Å². The second-order valence-corrected chi connectivity index (χ2v) is 6.40. The van der Waals surface area contributed by atoms with Crippen LogP contribution < -0.4 is 0 Å². The van der Waals surface area contributed by atoms with Gasteiger partial charge in [-0.2, -0.15) is 0 Å². The van der Waals surface area contributed by atoms with Gasteiger partial charge in [-0.25, -0.2) is 4.79 Å². The van der Waals surface area contributed by atoms with Gasteiger partial charge in [-0.3, -0.25) is 0 Å². The molecule has 2 atom stereocenters. The lowest BCUT2D eigenvalue weighted by Crippen LogP contribution is -2.32. The van der Waals surface area contributed by atoms with E-state index in [-0.39, 0.29) is 15.5 Å². The molecule has 0 unspecified atom stereocenters. The lowest BCUT2D eigenvalue weighted by Gasteiger charge is -2.31. The van der Waals surface area contributed by atoms with Crippen molar-refractivity contribution in [1.82, 2.24) is 0 Å². The van der Waals surface area contributed by atoms with Crippen LogP contribution in [0.5, 0.6) is 0 Å². The predicted octanol–water partition coefficient (Wildman–Crippen LogP) is 3.74. The minimum Gasteiger partial charge on any atom is -0.454 e. The van der Waals surface area contributed by atoms with Gasteiger partial charge in [0.15, 0.2) is 0 Å². The molecule has 1 heterocycles. The second-order valence-electron chi connectivity index (χ2n) is 5.15. The summed E-state index contributed by atoms with van der Waals surface area (Å²) in [6.45, 7) is 3.83. The van der Waals surface area contributed by atoms with E-state index in [0.29, 0.717) is 12.0 Å². The van der Waals surface area contributed by atoms with Crippen LogP contribution in [-0.2, 0) is 16.0 Å². The summed E-state index contributed by atoms with van der Waals surface area (Å²) in [7, 11) is 0. The van der Waals surface area contributed by atoms with Crippen molar-refractivity contribution in [3.05, 3.63) is 47.5 Å². The molecule has 1 spiro atoms. The van der Waals surface area contributed by atoms with Gasteiger partial charge in [0.25, 0.3) is 0 Å². The van der Waals surface area contributed by atoms with Crippen molar-refractivity contribution in [2.24, 2.45) is 0 Å². The second kappa shape index (κ2) is 4.37. The van der Waals surface area contributed by atoms with Crippen LogP contribution in [-0.4, -0.2) is 11.6 Å². The minimum absolute atomic E-state index is 0.212. The number of esters is 1. The molecule has 1 aliphatic carbocycles. The Labute approximate surface area is 121 Å². The Bertz CT molecular complexity index is 505. The van der Waals surface area contributed by atoms with Crippen LogP contribution in [0.3, 0.4) is 0 Å². The van der Waals surface area contributed by atoms with Gasteiger partial charge in [-0.05, 0) is 30.4 Å². The molecule has 0 N–H and O–H groups in total. The van der Waals surface area contributed by atoms with Gasteiger partial charge in [0.05, 0.1) is 3.92 Å². The van der Waals surface area contributed by atoms with E-state index < -0.39 is 0 Å². The number of ether oxygens (including phenoxy) is 1. The maximum absolute atomic E-state index is 11.7. The zero-order valence-corrected chi connectivity index (χ0v) is 12.3. The van der Waals surface area contributed by atoms with E-state index in [2.05, 4.69) is 53.4 Å². The molecule has 1 aromatic carbocycles. The highest BCUT2D eigenvalue weighted by Crippen LogP contribution is 2.50. The fraction of sp³-hybridized carbons (Fsp3) is 0.400. The van der Waals surface area contributed by atoms with Crippen LogP contribution >= 0.6 is 22.6 Å².